The minimum atomic E-state index is -0.851. The summed E-state index contributed by atoms with van der Waals surface area (Å²) in [7, 11) is 0. The van der Waals surface area contributed by atoms with Gasteiger partial charge in [0.25, 0.3) is 0 Å². The van der Waals surface area contributed by atoms with E-state index in [1.807, 2.05) is 12.1 Å². The summed E-state index contributed by atoms with van der Waals surface area (Å²) in [5.41, 5.74) is 2.83. The Morgan fingerprint density at radius 2 is 2.05 bits per heavy atom. The quantitative estimate of drug-likeness (QED) is 0.878. The second kappa shape index (κ2) is 4.55. The average Bonchev–Trinajstić information content (AvgIpc) is 2.26. The average molecular weight is 261 g/mol. The second-order valence-corrected chi connectivity index (χ2v) is 6.46. The number of carbonyl (C=O) groups is 1. The molecular formula is C16H23NO2. The fraction of sp³-hybridized carbons (Fsp3) is 0.562. The molecule has 0 bridgehead atoms. The molecular weight excluding hydrogens is 238 g/mol. The summed E-state index contributed by atoms with van der Waals surface area (Å²) in [5, 5.41) is 9.14. The van der Waals surface area contributed by atoms with Crippen molar-refractivity contribution in [1.29, 1.82) is 0 Å². The molecule has 3 heteroatoms. The Morgan fingerprint density at radius 3 is 2.58 bits per heavy atom. The van der Waals surface area contributed by atoms with Crippen LogP contribution in [0.3, 0.4) is 0 Å². The fourth-order valence-electron chi connectivity index (χ4n) is 3.56. The van der Waals surface area contributed by atoms with Crippen LogP contribution in [-0.2, 0) is 0 Å². The summed E-state index contributed by atoms with van der Waals surface area (Å²) in [6, 6.07) is 5.92. The molecule has 0 saturated carbocycles. The normalized spacial score (nSPS) is 21.4. The number of fused-ring (bicyclic) bond motifs is 1. The van der Waals surface area contributed by atoms with E-state index in [0.717, 1.165) is 12.0 Å². The van der Waals surface area contributed by atoms with Crippen molar-refractivity contribution in [3.63, 3.8) is 0 Å². The van der Waals surface area contributed by atoms with Gasteiger partial charge in [-0.2, -0.15) is 0 Å². The largest absolute Gasteiger partial charge is 0.478 e. The van der Waals surface area contributed by atoms with Gasteiger partial charge in [0.1, 0.15) is 0 Å². The molecule has 1 aromatic carbocycles. The topological polar surface area (TPSA) is 40.5 Å². The Morgan fingerprint density at radius 1 is 1.42 bits per heavy atom. The number of aromatic carboxylic acids is 1. The molecule has 1 aliphatic rings. The molecule has 1 atom stereocenters. The third-order valence-electron chi connectivity index (χ3n) is 4.04. The maximum atomic E-state index is 11.1. The van der Waals surface area contributed by atoms with Crippen LogP contribution in [-0.4, -0.2) is 22.7 Å². The third-order valence-corrected chi connectivity index (χ3v) is 4.04. The summed E-state index contributed by atoms with van der Waals surface area (Å²) in [5.74, 6) is -0.463. The van der Waals surface area contributed by atoms with Crippen molar-refractivity contribution in [3.8, 4) is 0 Å². The van der Waals surface area contributed by atoms with Gasteiger partial charge in [-0.3, -0.25) is 0 Å². The minimum absolute atomic E-state index is 0.103. The van der Waals surface area contributed by atoms with Gasteiger partial charge in [0.2, 0.25) is 0 Å². The molecule has 3 nitrogen and oxygen atoms in total. The van der Waals surface area contributed by atoms with Crippen molar-refractivity contribution in [2.75, 3.05) is 4.90 Å². The van der Waals surface area contributed by atoms with Gasteiger partial charge in [-0.25, -0.2) is 4.79 Å². The van der Waals surface area contributed by atoms with E-state index >= 15 is 0 Å². The number of carboxylic acid groups (broad SMARTS) is 1. The molecule has 1 aliphatic heterocycles. The first-order valence-corrected chi connectivity index (χ1v) is 6.90. The van der Waals surface area contributed by atoms with Crippen molar-refractivity contribution in [2.45, 2.75) is 58.5 Å². The molecule has 1 aromatic rings. The van der Waals surface area contributed by atoms with Crippen LogP contribution in [0, 0.1) is 0 Å². The van der Waals surface area contributed by atoms with Crippen LogP contribution in [0.2, 0.25) is 0 Å². The highest BCUT2D eigenvalue weighted by Gasteiger charge is 2.37. The number of rotatable bonds is 2. The van der Waals surface area contributed by atoms with Gasteiger partial charge in [-0.05, 0) is 63.8 Å². The lowest BCUT2D eigenvalue weighted by molar-refractivity contribution is 0.0696. The molecule has 0 radical (unpaired) electrons. The number of anilines is 1. The smallest absolute Gasteiger partial charge is 0.335 e. The summed E-state index contributed by atoms with van der Waals surface area (Å²) >= 11 is 0. The third kappa shape index (κ3) is 2.34. The number of hydrogen-bond donors (Lipinski definition) is 1. The Kier molecular flexibility index (Phi) is 3.33. The van der Waals surface area contributed by atoms with Crippen LogP contribution in [0.5, 0.6) is 0 Å². The lowest BCUT2D eigenvalue weighted by Gasteiger charge is -2.50. The van der Waals surface area contributed by atoms with E-state index in [0.29, 0.717) is 17.5 Å². The highest BCUT2D eigenvalue weighted by atomic mass is 16.4. The van der Waals surface area contributed by atoms with E-state index in [9.17, 15) is 4.79 Å². The zero-order valence-corrected chi connectivity index (χ0v) is 12.4. The Bertz CT molecular complexity index is 505. The molecule has 1 heterocycles. The number of carboxylic acids is 1. The van der Waals surface area contributed by atoms with Crippen LogP contribution in [0.15, 0.2) is 18.2 Å². The van der Waals surface area contributed by atoms with Crippen LogP contribution in [0.1, 0.15) is 62.9 Å². The molecule has 0 saturated heterocycles. The van der Waals surface area contributed by atoms with Gasteiger partial charge >= 0.3 is 5.97 Å². The highest BCUT2D eigenvalue weighted by molar-refractivity contribution is 5.89. The Hall–Kier alpha value is -1.51. The van der Waals surface area contributed by atoms with Gasteiger partial charge in [0.05, 0.1) is 5.56 Å². The van der Waals surface area contributed by atoms with Gasteiger partial charge in [-0.1, -0.05) is 6.92 Å². The SMILES string of the molecule is CC(C)N1c2ccc(C(=O)O)cc2[C@H](C)CC1(C)C. The van der Waals surface area contributed by atoms with E-state index in [1.165, 1.54) is 5.69 Å². The number of nitrogens with zero attached hydrogens (tertiary/aromatic N) is 1. The molecule has 0 unspecified atom stereocenters. The maximum absolute atomic E-state index is 11.1. The summed E-state index contributed by atoms with van der Waals surface area (Å²) < 4.78 is 0. The molecule has 2 rings (SSSR count). The van der Waals surface area contributed by atoms with Crippen molar-refractivity contribution >= 4 is 11.7 Å². The molecule has 1 N–H and O–H groups in total. The molecule has 0 amide bonds. The van der Waals surface area contributed by atoms with E-state index < -0.39 is 5.97 Å². The zero-order chi connectivity index (χ0) is 14.4. The Balaban J connectivity index is 2.58. The van der Waals surface area contributed by atoms with Crippen LogP contribution in [0.4, 0.5) is 5.69 Å². The van der Waals surface area contributed by atoms with Gasteiger partial charge in [0, 0.05) is 17.3 Å². The summed E-state index contributed by atoms with van der Waals surface area (Å²) in [6.45, 7) is 11.1. The predicted octanol–water partition coefficient (Wildman–Crippen LogP) is 3.89. The van der Waals surface area contributed by atoms with Crippen LogP contribution < -0.4 is 4.90 Å². The first-order chi connectivity index (χ1) is 8.74. The lowest BCUT2D eigenvalue weighted by Crippen LogP contribution is -2.51. The van der Waals surface area contributed by atoms with E-state index in [1.54, 1.807) is 6.07 Å². The van der Waals surface area contributed by atoms with Gasteiger partial charge < -0.3 is 10.0 Å². The molecule has 104 valence electrons. The minimum Gasteiger partial charge on any atom is -0.478 e. The molecule has 0 aliphatic carbocycles. The molecule has 0 aromatic heterocycles. The first kappa shape index (κ1) is 13.9. The summed E-state index contributed by atoms with van der Waals surface area (Å²) in [6.07, 6.45) is 1.04. The lowest BCUT2D eigenvalue weighted by atomic mass is 9.79. The van der Waals surface area contributed by atoms with E-state index in [-0.39, 0.29) is 5.54 Å². The first-order valence-electron chi connectivity index (χ1n) is 6.90. The predicted molar refractivity (Wildman–Crippen MR) is 78.1 cm³/mol. The molecule has 0 fully saturated rings. The van der Waals surface area contributed by atoms with Crippen LogP contribution >= 0.6 is 0 Å². The highest BCUT2D eigenvalue weighted by Crippen LogP contribution is 2.44. The molecule has 19 heavy (non-hydrogen) atoms. The monoisotopic (exact) mass is 261 g/mol. The second-order valence-electron chi connectivity index (χ2n) is 6.46. The Labute approximate surface area is 115 Å². The summed E-state index contributed by atoms with van der Waals surface area (Å²) in [4.78, 5) is 13.5. The maximum Gasteiger partial charge on any atom is 0.335 e. The number of benzene rings is 1. The van der Waals surface area contributed by atoms with Crippen molar-refractivity contribution in [2.24, 2.45) is 0 Å². The number of hydrogen-bond acceptors (Lipinski definition) is 2. The van der Waals surface area contributed by atoms with E-state index in [2.05, 4.69) is 39.5 Å². The van der Waals surface area contributed by atoms with E-state index in [4.69, 9.17) is 5.11 Å². The fourth-order valence-corrected chi connectivity index (χ4v) is 3.56. The van der Waals surface area contributed by atoms with Gasteiger partial charge in [-0.15, -0.1) is 0 Å². The van der Waals surface area contributed by atoms with Crippen molar-refractivity contribution in [1.82, 2.24) is 0 Å². The van der Waals surface area contributed by atoms with Crippen molar-refractivity contribution < 1.29 is 9.90 Å². The standard InChI is InChI=1S/C16H23NO2/c1-10(2)17-14-7-6-12(15(18)19)8-13(14)11(3)9-16(17,4)5/h6-8,10-11H,9H2,1-5H3,(H,18,19)/t11-/m1/s1. The van der Waals surface area contributed by atoms with Crippen molar-refractivity contribution in [3.05, 3.63) is 29.3 Å². The molecule has 0 spiro atoms. The van der Waals surface area contributed by atoms with Crippen LogP contribution in [0.25, 0.3) is 0 Å². The van der Waals surface area contributed by atoms with Gasteiger partial charge in [0.15, 0.2) is 0 Å². The zero-order valence-electron chi connectivity index (χ0n) is 12.4.